The maximum absolute atomic E-state index is 12.2. The van der Waals surface area contributed by atoms with Gasteiger partial charge in [0.2, 0.25) is 0 Å². The minimum absolute atomic E-state index is 0.0454. The van der Waals surface area contributed by atoms with E-state index in [-0.39, 0.29) is 11.1 Å². The average Bonchev–Trinajstić information content (AvgIpc) is 2.71. The summed E-state index contributed by atoms with van der Waals surface area (Å²) in [5.74, 6) is 0.677. The van der Waals surface area contributed by atoms with Crippen molar-refractivity contribution in [2.75, 3.05) is 0 Å². The summed E-state index contributed by atoms with van der Waals surface area (Å²) in [6.45, 7) is 8.10. The summed E-state index contributed by atoms with van der Waals surface area (Å²) in [6.07, 6.45) is 1.52. The summed E-state index contributed by atoms with van der Waals surface area (Å²) in [6, 6.07) is -0.250. The normalized spacial score (nSPS) is 26.2. The smallest absolute Gasteiger partial charge is 0.259 e. The Morgan fingerprint density at radius 3 is 2.63 bits per heavy atom. The number of hydrogen-bond acceptors (Lipinski definition) is 4. The lowest BCUT2D eigenvalue weighted by molar-refractivity contribution is -0.0645. The van der Waals surface area contributed by atoms with Gasteiger partial charge >= 0.3 is 0 Å². The molecule has 1 fully saturated rings. The van der Waals surface area contributed by atoms with Gasteiger partial charge in [0, 0.05) is 24.2 Å². The van der Waals surface area contributed by atoms with Crippen molar-refractivity contribution in [3.8, 4) is 0 Å². The monoisotopic (exact) mass is 287 g/mol. The Balaban J connectivity index is 2.19. The number of imidazole rings is 1. The first-order chi connectivity index (χ1) is 8.68. The lowest BCUT2D eigenvalue weighted by atomic mass is 9.65. The lowest BCUT2D eigenvalue weighted by Crippen LogP contribution is -2.61. The summed E-state index contributed by atoms with van der Waals surface area (Å²) < 4.78 is 28.9. The van der Waals surface area contributed by atoms with Gasteiger partial charge in [0.1, 0.15) is 5.82 Å². The van der Waals surface area contributed by atoms with Gasteiger partial charge in [0.15, 0.2) is 5.03 Å². The molecule has 7 heteroatoms. The lowest BCUT2D eigenvalue weighted by Gasteiger charge is -2.49. The topological polar surface area (TPSA) is 84.2 Å². The van der Waals surface area contributed by atoms with Crippen molar-refractivity contribution in [3.05, 3.63) is 12.0 Å². The standard InChI is InChI=1S/C12H21N3O3S/c1-5-15-7-11(13-8(15)2)19(17,18)14-9-6-10(16)12(9,3)4/h7,9-10,14,16H,5-6H2,1-4H3. The van der Waals surface area contributed by atoms with Gasteiger partial charge < -0.3 is 9.67 Å². The molecule has 2 atom stereocenters. The van der Waals surface area contributed by atoms with Crippen molar-refractivity contribution in [3.63, 3.8) is 0 Å². The largest absolute Gasteiger partial charge is 0.392 e. The van der Waals surface area contributed by atoms with Crippen molar-refractivity contribution >= 4 is 10.0 Å². The summed E-state index contributed by atoms with van der Waals surface area (Å²) in [4.78, 5) is 4.08. The molecule has 108 valence electrons. The predicted octanol–water partition coefficient (Wildman–Crippen LogP) is 0.649. The fourth-order valence-electron chi connectivity index (χ4n) is 2.28. The van der Waals surface area contributed by atoms with Gasteiger partial charge in [0.05, 0.1) is 6.10 Å². The number of aliphatic hydroxyl groups is 1. The molecule has 0 amide bonds. The molecule has 19 heavy (non-hydrogen) atoms. The molecule has 0 bridgehead atoms. The Labute approximate surface area is 113 Å². The minimum Gasteiger partial charge on any atom is -0.392 e. The third kappa shape index (κ3) is 2.42. The quantitative estimate of drug-likeness (QED) is 0.851. The van der Waals surface area contributed by atoms with Crippen LogP contribution < -0.4 is 4.72 Å². The van der Waals surface area contributed by atoms with E-state index in [9.17, 15) is 13.5 Å². The number of nitrogens with zero attached hydrogens (tertiary/aromatic N) is 2. The number of aryl methyl sites for hydroxylation is 2. The van der Waals surface area contributed by atoms with Gasteiger partial charge in [-0.3, -0.25) is 0 Å². The van der Waals surface area contributed by atoms with Crippen molar-refractivity contribution in [2.24, 2.45) is 5.41 Å². The van der Waals surface area contributed by atoms with E-state index in [2.05, 4.69) is 9.71 Å². The SMILES string of the molecule is CCn1cc(S(=O)(=O)NC2CC(O)C2(C)C)nc1C. The maximum Gasteiger partial charge on any atom is 0.259 e. The van der Waals surface area contributed by atoms with E-state index in [4.69, 9.17) is 0 Å². The van der Waals surface area contributed by atoms with E-state index in [1.807, 2.05) is 20.8 Å². The summed E-state index contributed by atoms with van der Waals surface area (Å²) >= 11 is 0. The molecule has 1 saturated carbocycles. The van der Waals surface area contributed by atoms with Gasteiger partial charge in [-0.1, -0.05) is 13.8 Å². The second kappa shape index (κ2) is 4.57. The number of sulfonamides is 1. The molecule has 6 nitrogen and oxygen atoms in total. The van der Waals surface area contributed by atoms with Crippen molar-refractivity contribution in [2.45, 2.75) is 57.8 Å². The van der Waals surface area contributed by atoms with E-state index < -0.39 is 21.5 Å². The van der Waals surface area contributed by atoms with Crippen molar-refractivity contribution in [1.82, 2.24) is 14.3 Å². The Morgan fingerprint density at radius 1 is 1.58 bits per heavy atom. The van der Waals surface area contributed by atoms with Crippen LogP contribution in [0, 0.1) is 12.3 Å². The zero-order valence-corrected chi connectivity index (χ0v) is 12.5. The highest BCUT2D eigenvalue weighted by molar-refractivity contribution is 7.89. The van der Waals surface area contributed by atoms with Crippen LogP contribution in [0.3, 0.4) is 0 Å². The first-order valence-electron chi connectivity index (χ1n) is 6.42. The van der Waals surface area contributed by atoms with E-state index >= 15 is 0 Å². The first kappa shape index (κ1) is 14.5. The van der Waals surface area contributed by atoms with Crippen LogP contribution in [0.25, 0.3) is 0 Å². The van der Waals surface area contributed by atoms with Gasteiger partial charge in [-0.25, -0.2) is 18.1 Å². The highest BCUT2D eigenvalue weighted by atomic mass is 32.2. The number of aliphatic hydroxyl groups excluding tert-OH is 1. The van der Waals surface area contributed by atoms with Gasteiger partial charge in [-0.05, 0) is 20.3 Å². The van der Waals surface area contributed by atoms with Crippen LogP contribution in [0.15, 0.2) is 11.2 Å². The van der Waals surface area contributed by atoms with Crippen LogP contribution in [0.2, 0.25) is 0 Å². The van der Waals surface area contributed by atoms with Crippen molar-refractivity contribution < 1.29 is 13.5 Å². The molecule has 2 N–H and O–H groups in total. The van der Waals surface area contributed by atoms with E-state index in [1.54, 1.807) is 17.7 Å². The van der Waals surface area contributed by atoms with Crippen LogP contribution in [-0.2, 0) is 16.6 Å². The third-order valence-corrected chi connectivity index (χ3v) is 5.43. The highest BCUT2D eigenvalue weighted by Crippen LogP contribution is 2.41. The number of aromatic nitrogens is 2. The molecule has 0 radical (unpaired) electrons. The zero-order valence-electron chi connectivity index (χ0n) is 11.7. The molecule has 0 spiro atoms. The molecular formula is C12H21N3O3S. The summed E-state index contributed by atoms with van der Waals surface area (Å²) in [7, 11) is -3.62. The molecule has 0 saturated heterocycles. The molecule has 1 aromatic rings. The molecule has 1 aliphatic rings. The Kier molecular flexibility index (Phi) is 3.49. The van der Waals surface area contributed by atoms with E-state index in [0.29, 0.717) is 18.8 Å². The number of hydrogen-bond donors (Lipinski definition) is 2. The summed E-state index contributed by atoms with van der Waals surface area (Å²) in [5, 5.41) is 9.69. The second-order valence-corrected chi connectivity index (χ2v) is 7.32. The Hall–Kier alpha value is -0.920. The first-order valence-corrected chi connectivity index (χ1v) is 7.91. The fraction of sp³-hybridized carbons (Fsp3) is 0.750. The molecular weight excluding hydrogens is 266 g/mol. The molecule has 0 aliphatic heterocycles. The Bertz CT molecular complexity index is 577. The third-order valence-electron chi connectivity index (χ3n) is 4.08. The average molecular weight is 287 g/mol. The molecule has 2 unspecified atom stereocenters. The van der Waals surface area contributed by atoms with Crippen LogP contribution in [0.4, 0.5) is 0 Å². The van der Waals surface area contributed by atoms with Crippen LogP contribution >= 0.6 is 0 Å². The molecule has 2 rings (SSSR count). The molecule has 1 aromatic heterocycles. The van der Waals surface area contributed by atoms with E-state index in [0.717, 1.165) is 0 Å². The fourth-order valence-corrected chi connectivity index (χ4v) is 3.69. The molecule has 1 aliphatic carbocycles. The van der Waals surface area contributed by atoms with Gasteiger partial charge in [0.25, 0.3) is 10.0 Å². The number of rotatable bonds is 4. The minimum atomic E-state index is -3.62. The summed E-state index contributed by atoms with van der Waals surface area (Å²) in [5.41, 5.74) is -0.435. The predicted molar refractivity (Wildman–Crippen MR) is 71.2 cm³/mol. The second-order valence-electron chi connectivity index (χ2n) is 5.66. The van der Waals surface area contributed by atoms with Crippen LogP contribution in [-0.4, -0.2) is 35.2 Å². The Morgan fingerprint density at radius 2 is 2.21 bits per heavy atom. The van der Waals surface area contributed by atoms with Crippen LogP contribution in [0.5, 0.6) is 0 Å². The van der Waals surface area contributed by atoms with Crippen molar-refractivity contribution in [1.29, 1.82) is 0 Å². The van der Waals surface area contributed by atoms with Crippen LogP contribution in [0.1, 0.15) is 33.0 Å². The molecule has 1 heterocycles. The van der Waals surface area contributed by atoms with E-state index in [1.165, 1.54) is 0 Å². The maximum atomic E-state index is 12.2. The zero-order chi connectivity index (χ0) is 14.4. The molecule has 0 aromatic carbocycles. The van der Waals surface area contributed by atoms with Gasteiger partial charge in [-0.2, -0.15) is 0 Å². The number of nitrogens with one attached hydrogen (secondary N) is 1. The van der Waals surface area contributed by atoms with Gasteiger partial charge in [-0.15, -0.1) is 0 Å². The highest BCUT2D eigenvalue weighted by Gasteiger charge is 2.49.